The molecule has 41 heavy (non-hydrogen) atoms. The number of halogens is 2. The SMILES string of the molecule is CC(C)n1c(=O)c(-c2ccc(-c3ccc(NS(C)(=O)=O)cc3)c(F)c2)nc2cnc(N[C@@H]3CNC[C@H](CF)C3)nc21. The Balaban J connectivity index is 1.47. The van der Waals surface area contributed by atoms with E-state index in [9.17, 15) is 17.6 Å². The minimum Gasteiger partial charge on any atom is -0.350 e. The van der Waals surface area contributed by atoms with Crippen LogP contribution in [0.15, 0.2) is 53.5 Å². The van der Waals surface area contributed by atoms with E-state index in [0.717, 1.165) is 6.26 Å². The van der Waals surface area contributed by atoms with Crippen molar-refractivity contribution in [3.63, 3.8) is 0 Å². The lowest BCUT2D eigenvalue weighted by Crippen LogP contribution is -2.44. The van der Waals surface area contributed by atoms with Crippen molar-refractivity contribution in [3.05, 3.63) is 64.8 Å². The zero-order chi connectivity index (χ0) is 29.3. The fourth-order valence-electron chi connectivity index (χ4n) is 5.01. The van der Waals surface area contributed by atoms with Crippen LogP contribution in [0, 0.1) is 11.7 Å². The van der Waals surface area contributed by atoms with E-state index in [0.29, 0.717) is 53.4 Å². The molecular formula is C28H31F2N7O3S. The van der Waals surface area contributed by atoms with E-state index in [1.807, 2.05) is 13.8 Å². The van der Waals surface area contributed by atoms with Gasteiger partial charge >= 0.3 is 0 Å². The van der Waals surface area contributed by atoms with Crippen molar-refractivity contribution in [3.8, 4) is 22.4 Å². The summed E-state index contributed by atoms with van der Waals surface area (Å²) in [6, 6.07) is 10.4. The highest BCUT2D eigenvalue weighted by atomic mass is 32.2. The third-order valence-electron chi connectivity index (χ3n) is 6.88. The first-order chi connectivity index (χ1) is 19.5. The van der Waals surface area contributed by atoms with Gasteiger partial charge in [0.2, 0.25) is 16.0 Å². The van der Waals surface area contributed by atoms with Gasteiger partial charge in [-0.2, -0.15) is 4.98 Å². The number of piperidine rings is 1. The number of hydrogen-bond acceptors (Lipinski definition) is 8. The lowest BCUT2D eigenvalue weighted by Gasteiger charge is -2.29. The molecule has 216 valence electrons. The van der Waals surface area contributed by atoms with E-state index >= 15 is 4.39 Å². The lowest BCUT2D eigenvalue weighted by atomic mass is 9.97. The molecule has 0 bridgehead atoms. The molecule has 1 aliphatic rings. The molecule has 1 aliphatic heterocycles. The molecular weight excluding hydrogens is 552 g/mol. The molecule has 0 unspecified atom stereocenters. The van der Waals surface area contributed by atoms with Crippen molar-refractivity contribution < 1.29 is 17.2 Å². The largest absolute Gasteiger partial charge is 0.350 e. The van der Waals surface area contributed by atoms with Crippen LogP contribution in [0.2, 0.25) is 0 Å². The summed E-state index contributed by atoms with van der Waals surface area (Å²) in [6.45, 7) is 4.57. The molecule has 3 N–H and O–H groups in total. The Labute approximate surface area is 236 Å². The van der Waals surface area contributed by atoms with Gasteiger partial charge < -0.3 is 10.6 Å². The molecule has 5 rings (SSSR count). The third kappa shape index (κ3) is 6.35. The standard InChI is InChI=1S/C28H31F2N7O3S/c1-16(2)37-26-24(15-32-28(35-26)33-21-10-17(12-29)13-31-14-21)34-25(27(37)38)19-6-9-22(23(30)11-19)18-4-7-20(8-5-18)36-41(3,39)40/h4-9,11,15-17,21,31,36H,10,12-14H2,1-3H3,(H,32,33,35)/t17-,21-/m0/s1. The van der Waals surface area contributed by atoms with Crippen LogP contribution in [0.5, 0.6) is 0 Å². The van der Waals surface area contributed by atoms with Gasteiger partial charge in [0.1, 0.15) is 17.0 Å². The monoisotopic (exact) mass is 583 g/mol. The minimum absolute atomic E-state index is 0.0537. The maximum Gasteiger partial charge on any atom is 0.278 e. The van der Waals surface area contributed by atoms with Crippen LogP contribution in [0.1, 0.15) is 26.3 Å². The Hall–Kier alpha value is -3.97. The van der Waals surface area contributed by atoms with Gasteiger partial charge in [-0.1, -0.05) is 24.3 Å². The van der Waals surface area contributed by atoms with E-state index in [4.69, 9.17) is 0 Å². The summed E-state index contributed by atoms with van der Waals surface area (Å²) in [6.07, 6.45) is 3.21. The first-order valence-corrected chi connectivity index (χ1v) is 15.1. The van der Waals surface area contributed by atoms with E-state index in [1.165, 1.54) is 16.8 Å². The third-order valence-corrected chi connectivity index (χ3v) is 7.49. The van der Waals surface area contributed by atoms with Gasteiger partial charge in [-0.05, 0) is 44.0 Å². The van der Waals surface area contributed by atoms with Crippen molar-refractivity contribution in [1.82, 2.24) is 24.8 Å². The van der Waals surface area contributed by atoms with Crippen molar-refractivity contribution >= 4 is 32.8 Å². The molecule has 0 aliphatic carbocycles. The molecule has 0 radical (unpaired) electrons. The van der Waals surface area contributed by atoms with Crippen LogP contribution in [-0.4, -0.2) is 60.0 Å². The summed E-state index contributed by atoms with van der Waals surface area (Å²) in [5.74, 6) is -0.324. The molecule has 1 fully saturated rings. The predicted octanol–water partition coefficient (Wildman–Crippen LogP) is 3.97. The van der Waals surface area contributed by atoms with Gasteiger partial charge in [-0.25, -0.2) is 22.8 Å². The topological polar surface area (TPSA) is 131 Å². The van der Waals surface area contributed by atoms with Gasteiger partial charge in [0, 0.05) is 47.9 Å². The average molecular weight is 584 g/mol. The molecule has 0 spiro atoms. The van der Waals surface area contributed by atoms with Crippen molar-refractivity contribution in [2.24, 2.45) is 5.92 Å². The zero-order valence-corrected chi connectivity index (χ0v) is 23.7. The summed E-state index contributed by atoms with van der Waals surface area (Å²) in [5.41, 5.74) is 1.86. The molecule has 2 aromatic carbocycles. The van der Waals surface area contributed by atoms with Gasteiger partial charge in [0.05, 0.1) is 19.1 Å². The number of hydrogen-bond donors (Lipinski definition) is 3. The summed E-state index contributed by atoms with van der Waals surface area (Å²) >= 11 is 0. The molecule has 0 amide bonds. The summed E-state index contributed by atoms with van der Waals surface area (Å²) in [4.78, 5) is 27.1. The number of sulfonamides is 1. The molecule has 10 nitrogen and oxygen atoms in total. The number of alkyl halides is 1. The van der Waals surface area contributed by atoms with Crippen LogP contribution < -0.4 is 20.9 Å². The fourth-order valence-corrected chi connectivity index (χ4v) is 5.57. The summed E-state index contributed by atoms with van der Waals surface area (Å²) < 4.78 is 55.3. The number of nitrogens with one attached hydrogen (secondary N) is 3. The summed E-state index contributed by atoms with van der Waals surface area (Å²) in [7, 11) is -3.43. The average Bonchev–Trinajstić information content (AvgIpc) is 2.92. The van der Waals surface area contributed by atoms with Crippen molar-refractivity contribution in [2.75, 3.05) is 36.1 Å². The first-order valence-electron chi connectivity index (χ1n) is 13.2. The molecule has 2 aromatic heterocycles. The maximum atomic E-state index is 15.3. The maximum absolute atomic E-state index is 15.3. The molecule has 13 heteroatoms. The van der Waals surface area contributed by atoms with Gasteiger partial charge in [-0.3, -0.25) is 18.5 Å². The van der Waals surface area contributed by atoms with E-state index in [-0.39, 0.29) is 29.3 Å². The van der Waals surface area contributed by atoms with Crippen LogP contribution >= 0.6 is 0 Å². The molecule has 2 atom stereocenters. The molecule has 4 aromatic rings. The van der Waals surface area contributed by atoms with Crippen LogP contribution in [-0.2, 0) is 10.0 Å². The lowest BCUT2D eigenvalue weighted by molar-refractivity contribution is 0.282. The predicted molar refractivity (Wildman–Crippen MR) is 156 cm³/mol. The Morgan fingerprint density at radius 1 is 1.10 bits per heavy atom. The Morgan fingerprint density at radius 3 is 2.49 bits per heavy atom. The highest BCUT2D eigenvalue weighted by molar-refractivity contribution is 7.92. The highest BCUT2D eigenvalue weighted by Crippen LogP contribution is 2.28. The molecule has 3 heterocycles. The van der Waals surface area contributed by atoms with E-state index in [2.05, 4.69) is 30.3 Å². The van der Waals surface area contributed by atoms with Crippen molar-refractivity contribution in [2.45, 2.75) is 32.4 Å². The Bertz CT molecular complexity index is 1740. The van der Waals surface area contributed by atoms with Crippen molar-refractivity contribution in [1.29, 1.82) is 0 Å². The molecule has 1 saturated heterocycles. The normalized spacial score (nSPS) is 17.6. The second-order valence-corrected chi connectivity index (χ2v) is 12.3. The Kier molecular flexibility index (Phi) is 8.00. The summed E-state index contributed by atoms with van der Waals surface area (Å²) in [5, 5.41) is 6.44. The first kappa shape index (κ1) is 28.6. The van der Waals surface area contributed by atoms with Crippen LogP contribution in [0.25, 0.3) is 33.5 Å². The number of benzene rings is 2. The van der Waals surface area contributed by atoms with Gasteiger partial charge in [0.15, 0.2) is 5.65 Å². The van der Waals surface area contributed by atoms with Gasteiger partial charge in [-0.15, -0.1) is 0 Å². The second kappa shape index (κ2) is 11.5. The van der Waals surface area contributed by atoms with Crippen LogP contribution in [0.3, 0.4) is 0 Å². The number of fused-ring (bicyclic) bond motifs is 1. The zero-order valence-electron chi connectivity index (χ0n) is 22.9. The van der Waals surface area contributed by atoms with Gasteiger partial charge in [0.25, 0.3) is 5.56 Å². The van der Waals surface area contributed by atoms with E-state index < -0.39 is 28.1 Å². The fraction of sp³-hybridized carbons (Fsp3) is 0.357. The Morgan fingerprint density at radius 2 is 1.83 bits per heavy atom. The molecule has 0 saturated carbocycles. The number of aromatic nitrogens is 4. The number of rotatable bonds is 8. The smallest absolute Gasteiger partial charge is 0.278 e. The minimum atomic E-state index is -3.43. The number of nitrogens with zero attached hydrogens (tertiary/aromatic N) is 4. The quantitative estimate of drug-likeness (QED) is 0.284. The highest BCUT2D eigenvalue weighted by Gasteiger charge is 2.23. The number of anilines is 2. The van der Waals surface area contributed by atoms with E-state index in [1.54, 1.807) is 36.4 Å². The second-order valence-electron chi connectivity index (χ2n) is 10.5. The van der Waals surface area contributed by atoms with Crippen LogP contribution in [0.4, 0.5) is 20.4 Å².